The zero-order valence-corrected chi connectivity index (χ0v) is 14.2. The molecule has 0 saturated heterocycles. The van der Waals surface area contributed by atoms with Crippen molar-refractivity contribution in [1.29, 1.82) is 0 Å². The molecule has 7 heteroatoms. The van der Waals surface area contributed by atoms with Crippen molar-refractivity contribution in [2.24, 2.45) is 5.10 Å². The Kier molecular flexibility index (Phi) is 4.92. The third-order valence-corrected chi connectivity index (χ3v) is 4.08. The van der Waals surface area contributed by atoms with Crippen molar-refractivity contribution in [1.82, 2.24) is 9.55 Å². The number of anilines is 1. The summed E-state index contributed by atoms with van der Waals surface area (Å²) in [6.07, 6.45) is 2.73. The van der Waals surface area contributed by atoms with Gasteiger partial charge in [0.05, 0.1) is 12.3 Å². The maximum Gasteiger partial charge on any atom is 0.345 e. The zero-order valence-electron chi connectivity index (χ0n) is 14.2. The minimum atomic E-state index is -0.644. The highest BCUT2D eigenvalue weighted by molar-refractivity contribution is 5.99. The lowest BCUT2D eigenvalue weighted by atomic mass is 10.0. The molecule has 0 amide bonds. The first-order chi connectivity index (χ1) is 12.1. The lowest BCUT2D eigenvalue weighted by Crippen LogP contribution is -2.37. The normalized spacial score (nSPS) is 17.8. The summed E-state index contributed by atoms with van der Waals surface area (Å²) in [5.41, 5.74) is 4.10. The van der Waals surface area contributed by atoms with Crippen molar-refractivity contribution >= 4 is 17.4 Å². The molecular formula is C18H20N4O3. The molecule has 1 N–H and O–H groups in total. The Hall–Kier alpha value is -2.96. The number of nitrogens with zero attached hydrogens (tertiary/aromatic N) is 3. The van der Waals surface area contributed by atoms with Crippen molar-refractivity contribution in [3.05, 3.63) is 58.3 Å². The maximum absolute atomic E-state index is 12.7. The minimum absolute atomic E-state index is 0.0466. The Balaban J connectivity index is 1.98. The van der Waals surface area contributed by atoms with E-state index in [1.807, 2.05) is 37.3 Å². The highest BCUT2D eigenvalue weighted by Gasteiger charge is 2.27. The number of hydrogen-bond donors (Lipinski definition) is 1. The Morgan fingerprint density at radius 3 is 2.88 bits per heavy atom. The van der Waals surface area contributed by atoms with Gasteiger partial charge in [0.15, 0.2) is 5.82 Å². The number of carbonyl (C=O) groups excluding carboxylic acids is 1. The van der Waals surface area contributed by atoms with Gasteiger partial charge in [-0.2, -0.15) is 5.10 Å². The molecule has 25 heavy (non-hydrogen) atoms. The monoisotopic (exact) mass is 340 g/mol. The largest absolute Gasteiger partial charge is 0.462 e. The van der Waals surface area contributed by atoms with E-state index in [2.05, 4.69) is 15.5 Å². The summed E-state index contributed by atoms with van der Waals surface area (Å²) in [5.74, 6) is -0.158. The van der Waals surface area contributed by atoms with E-state index in [0.717, 1.165) is 12.1 Å². The van der Waals surface area contributed by atoms with Gasteiger partial charge in [0.25, 0.3) is 5.56 Å². The van der Waals surface area contributed by atoms with Gasteiger partial charge in [-0.25, -0.2) is 9.78 Å². The number of esters is 1. The van der Waals surface area contributed by atoms with Gasteiger partial charge in [0.2, 0.25) is 0 Å². The molecule has 0 bridgehead atoms. The van der Waals surface area contributed by atoms with Crippen LogP contribution in [0.3, 0.4) is 0 Å². The van der Waals surface area contributed by atoms with Gasteiger partial charge in [0, 0.05) is 12.2 Å². The van der Waals surface area contributed by atoms with Crippen LogP contribution in [0.15, 0.2) is 46.4 Å². The van der Waals surface area contributed by atoms with Gasteiger partial charge >= 0.3 is 5.97 Å². The molecule has 2 aromatic rings. The van der Waals surface area contributed by atoms with Gasteiger partial charge < -0.3 is 4.74 Å². The van der Waals surface area contributed by atoms with Crippen molar-refractivity contribution < 1.29 is 9.53 Å². The average molecular weight is 340 g/mol. The Morgan fingerprint density at radius 2 is 2.16 bits per heavy atom. The Morgan fingerprint density at radius 1 is 1.40 bits per heavy atom. The third kappa shape index (κ3) is 3.45. The van der Waals surface area contributed by atoms with Crippen LogP contribution < -0.4 is 11.0 Å². The first kappa shape index (κ1) is 16.9. The highest BCUT2D eigenvalue weighted by Crippen LogP contribution is 2.22. The lowest BCUT2D eigenvalue weighted by Gasteiger charge is -2.25. The van der Waals surface area contributed by atoms with Gasteiger partial charge in [-0.3, -0.25) is 14.8 Å². The van der Waals surface area contributed by atoms with Crippen LogP contribution in [0.2, 0.25) is 0 Å². The summed E-state index contributed by atoms with van der Waals surface area (Å²) in [5, 5.41) is 4.41. The van der Waals surface area contributed by atoms with Crippen LogP contribution in [-0.2, 0) is 4.74 Å². The van der Waals surface area contributed by atoms with Crippen LogP contribution in [0.4, 0.5) is 5.69 Å². The smallest absolute Gasteiger partial charge is 0.345 e. The van der Waals surface area contributed by atoms with Gasteiger partial charge in [0.1, 0.15) is 11.3 Å². The van der Waals surface area contributed by atoms with E-state index in [9.17, 15) is 9.59 Å². The van der Waals surface area contributed by atoms with Crippen LogP contribution in [0.5, 0.6) is 0 Å². The van der Waals surface area contributed by atoms with E-state index in [-0.39, 0.29) is 23.8 Å². The molecule has 1 aromatic heterocycles. The molecular weight excluding hydrogens is 320 g/mol. The fourth-order valence-corrected chi connectivity index (χ4v) is 2.78. The van der Waals surface area contributed by atoms with E-state index in [1.54, 1.807) is 6.92 Å². The average Bonchev–Trinajstić information content (AvgIpc) is 2.62. The fraction of sp³-hybridized carbons (Fsp3) is 0.333. The molecule has 2 heterocycles. The molecule has 0 aliphatic carbocycles. The van der Waals surface area contributed by atoms with Crippen molar-refractivity contribution in [2.45, 2.75) is 32.7 Å². The number of nitrogens with one attached hydrogen (secondary N) is 1. The number of carbonyl (C=O) groups is 1. The number of ether oxygens (including phenoxy) is 1. The summed E-state index contributed by atoms with van der Waals surface area (Å²) in [7, 11) is 0. The van der Waals surface area contributed by atoms with Gasteiger partial charge in [-0.15, -0.1) is 0 Å². The van der Waals surface area contributed by atoms with Crippen LogP contribution in [0.25, 0.3) is 0 Å². The summed E-state index contributed by atoms with van der Waals surface area (Å²) in [6.45, 7) is 3.84. The van der Waals surface area contributed by atoms with E-state index in [0.29, 0.717) is 18.0 Å². The molecule has 0 saturated carbocycles. The summed E-state index contributed by atoms with van der Waals surface area (Å²) >= 11 is 0. The van der Waals surface area contributed by atoms with Crippen molar-refractivity contribution in [3.8, 4) is 0 Å². The predicted octanol–water partition coefficient (Wildman–Crippen LogP) is 2.59. The number of benzene rings is 1. The topological polar surface area (TPSA) is 85.6 Å². The lowest BCUT2D eigenvalue weighted by molar-refractivity contribution is 0.0522. The van der Waals surface area contributed by atoms with E-state index in [4.69, 9.17) is 4.74 Å². The number of hydrogen-bond acceptors (Lipinski definition) is 6. The van der Waals surface area contributed by atoms with Crippen molar-refractivity contribution in [3.63, 3.8) is 0 Å². The van der Waals surface area contributed by atoms with Crippen molar-refractivity contribution in [2.75, 3.05) is 12.0 Å². The van der Waals surface area contributed by atoms with Crippen LogP contribution >= 0.6 is 0 Å². The van der Waals surface area contributed by atoms with Crippen LogP contribution in [0.1, 0.15) is 48.9 Å². The molecule has 1 aliphatic rings. The third-order valence-electron chi connectivity index (χ3n) is 4.08. The van der Waals surface area contributed by atoms with Crippen LogP contribution in [-0.4, -0.2) is 27.8 Å². The molecule has 1 atom stereocenters. The quantitative estimate of drug-likeness (QED) is 0.683. The number of hydrazone groups is 1. The van der Waals surface area contributed by atoms with Gasteiger partial charge in [-0.1, -0.05) is 18.2 Å². The number of fused-ring (bicyclic) bond motifs is 1. The number of para-hydroxylation sites is 1. The second-order valence-electron chi connectivity index (χ2n) is 5.82. The van der Waals surface area contributed by atoms with E-state index >= 15 is 0 Å². The SMILES string of the molecule is CCOC(=O)c1cnc2n(c1=O)C(C)CCC2=NNc1ccccc1. The molecule has 7 nitrogen and oxygen atoms in total. The highest BCUT2D eigenvalue weighted by atomic mass is 16.5. The van der Waals surface area contributed by atoms with E-state index < -0.39 is 5.97 Å². The first-order valence-electron chi connectivity index (χ1n) is 8.28. The summed E-state index contributed by atoms with van der Waals surface area (Å²) in [4.78, 5) is 29.0. The van der Waals surface area contributed by atoms with Crippen LogP contribution in [0, 0.1) is 0 Å². The molecule has 130 valence electrons. The molecule has 3 rings (SSSR count). The standard InChI is InChI=1S/C18H20N4O3/c1-3-25-18(24)14-11-19-16-15(10-9-12(2)22(16)17(14)23)21-20-13-7-5-4-6-8-13/h4-8,11-12,20H,3,9-10H2,1-2H3. The fourth-order valence-electron chi connectivity index (χ4n) is 2.78. The molecule has 0 radical (unpaired) electrons. The second-order valence-corrected chi connectivity index (χ2v) is 5.82. The molecule has 0 fully saturated rings. The Labute approximate surface area is 145 Å². The second kappa shape index (κ2) is 7.29. The predicted molar refractivity (Wildman–Crippen MR) is 95.0 cm³/mol. The molecule has 1 aromatic carbocycles. The number of aromatic nitrogens is 2. The Bertz CT molecular complexity index is 858. The maximum atomic E-state index is 12.7. The first-order valence-corrected chi connectivity index (χ1v) is 8.28. The van der Waals surface area contributed by atoms with E-state index in [1.165, 1.54) is 10.8 Å². The number of rotatable bonds is 4. The molecule has 1 unspecified atom stereocenters. The molecule has 1 aliphatic heterocycles. The summed E-state index contributed by atoms with van der Waals surface area (Å²) < 4.78 is 6.46. The minimum Gasteiger partial charge on any atom is -0.462 e. The molecule has 0 spiro atoms. The zero-order chi connectivity index (χ0) is 17.8. The van der Waals surface area contributed by atoms with Gasteiger partial charge in [-0.05, 0) is 38.8 Å². The summed E-state index contributed by atoms with van der Waals surface area (Å²) in [6, 6.07) is 9.50.